The molecule has 0 saturated carbocycles. The van der Waals surface area contributed by atoms with E-state index in [-0.39, 0.29) is 18.1 Å². The molecule has 1 rings (SSSR count). The van der Waals surface area contributed by atoms with E-state index in [1.807, 2.05) is 6.07 Å². The second-order valence-corrected chi connectivity index (χ2v) is 6.61. The molecule has 1 aromatic carbocycles. The zero-order valence-electron chi connectivity index (χ0n) is 9.39. The maximum atomic E-state index is 11.5. The largest absolute Gasteiger partial charge is 0.326 e. The highest BCUT2D eigenvalue weighted by Crippen LogP contribution is 2.09. The van der Waals surface area contributed by atoms with Crippen molar-refractivity contribution in [3.8, 4) is 0 Å². The van der Waals surface area contributed by atoms with Crippen LogP contribution in [-0.2, 0) is 14.6 Å². The summed E-state index contributed by atoms with van der Waals surface area (Å²) < 4.78 is 21.9. The highest BCUT2D eigenvalue weighted by atomic mass is 35.5. The van der Waals surface area contributed by atoms with Crippen LogP contribution in [0.5, 0.6) is 0 Å². The SMILES string of the molecule is CS(=O)(=O)CC(Cl)CC(=O)Nc1ccccc1. The van der Waals surface area contributed by atoms with E-state index < -0.39 is 15.2 Å². The molecule has 0 aliphatic carbocycles. The van der Waals surface area contributed by atoms with Crippen LogP contribution in [0, 0.1) is 0 Å². The van der Waals surface area contributed by atoms with Gasteiger partial charge in [0, 0.05) is 18.4 Å². The van der Waals surface area contributed by atoms with Crippen molar-refractivity contribution in [2.24, 2.45) is 0 Å². The average Bonchev–Trinajstić information content (AvgIpc) is 2.15. The second-order valence-electron chi connectivity index (χ2n) is 3.81. The lowest BCUT2D eigenvalue weighted by Gasteiger charge is -2.08. The predicted molar refractivity (Wildman–Crippen MR) is 69.0 cm³/mol. The second kappa shape index (κ2) is 6.02. The van der Waals surface area contributed by atoms with Gasteiger partial charge in [0.25, 0.3) is 0 Å². The molecular weight excluding hydrogens is 262 g/mol. The van der Waals surface area contributed by atoms with Crippen molar-refractivity contribution in [1.82, 2.24) is 0 Å². The van der Waals surface area contributed by atoms with Crippen LogP contribution in [0.15, 0.2) is 30.3 Å². The third kappa shape index (κ3) is 6.28. The van der Waals surface area contributed by atoms with Crippen LogP contribution in [0.2, 0.25) is 0 Å². The number of nitrogens with one attached hydrogen (secondary N) is 1. The lowest BCUT2D eigenvalue weighted by atomic mass is 10.3. The van der Waals surface area contributed by atoms with Crippen LogP contribution in [0.4, 0.5) is 5.69 Å². The van der Waals surface area contributed by atoms with Crippen molar-refractivity contribution in [3.63, 3.8) is 0 Å². The number of anilines is 1. The van der Waals surface area contributed by atoms with Crippen LogP contribution in [0.3, 0.4) is 0 Å². The minimum absolute atomic E-state index is 0.0243. The summed E-state index contributed by atoms with van der Waals surface area (Å²) in [5.74, 6) is -0.489. The van der Waals surface area contributed by atoms with Gasteiger partial charge in [-0.25, -0.2) is 8.42 Å². The van der Waals surface area contributed by atoms with Gasteiger partial charge in [-0.05, 0) is 12.1 Å². The smallest absolute Gasteiger partial charge is 0.225 e. The van der Waals surface area contributed by atoms with Gasteiger partial charge in [0.15, 0.2) is 0 Å². The molecule has 1 atom stereocenters. The van der Waals surface area contributed by atoms with Gasteiger partial charge in [-0.2, -0.15) is 0 Å². The first-order valence-electron chi connectivity index (χ1n) is 5.03. The van der Waals surface area contributed by atoms with Crippen molar-refractivity contribution in [2.75, 3.05) is 17.3 Å². The molecule has 1 aromatic rings. The van der Waals surface area contributed by atoms with Crippen molar-refractivity contribution < 1.29 is 13.2 Å². The van der Waals surface area contributed by atoms with Crippen LogP contribution in [-0.4, -0.2) is 31.7 Å². The van der Waals surface area contributed by atoms with Gasteiger partial charge < -0.3 is 5.32 Å². The van der Waals surface area contributed by atoms with E-state index >= 15 is 0 Å². The Morgan fingerprint density at radius 1 is 1.35 bits per heavy atom. The summed E-state index contributed by atoms with van der Waals surface area (Å²) in [4.78, 5) is 11.5. The normalized spacial score (nSPS) is 13.1. The van der Waals surface area contributed by atoms with Gasteiger partial charge in [0.1, 0.15) is 9.84 Å². The van der Waals surface area contributed by atoms with Crippen LogP contribution >= 0.6 is 11.6 Å². The van der Waals surface area contributed by atoms with E-state index in [0.717, 1.165) is 6.26 Å². The first-order chi connectivity index (χ1) is 7.87. The number of hydrogen-bond acceptors (Lipinski definition) is 3. The Hall–Kier alpha value is -1.07. The fourth-order valence-electron chi connectivity index (χ4n) is 1.32. The van der Waals surface area contributed by atoms with E-state index in [0.29, 0.717) is 5.69 Å². The Morgan fingerprint density at radius 2 is 1.94 bits per heavy atom. The first kappa shape index (κ1) is 14.0. The maximum Gasteiger partial charge on any atom is 0.225 e. The van der Waals surface area contributed by atoms with E-state index in [1.165, 1.54) is 0 Å². The Balaban J connectivity index is 2.45. The summed E-state index contributed by atoms with van der Waals surface area (Å²) in [7, 11) is -3.15. The highest BCUT2D eigenvalue weighted by Gasteiger charge is 2.16. The van der Waals surface area contributed by atoms with Gasteiger partial charge in [0.05, 0.1) is 11.1 Å². The minimum atomic E-state index is -3.15. The van der Waals surface area contributed by atoms with Gasteiger partial charge in [-0.1, -0.05) is 18.2 Å². The summed E-state index contributed by atoms with van der Waals surface area (Å²) in [6.07, 6.45) is 1.07. The van der Waals surface area contributed by atoms with Crippen molar-refractivity contribution >= 4 is 33.0 Å². The van der Waals surface area contributed by atoms with E-state index in [2.05, 4.69) is 5.32 Å². The molecule has 94 valence electrons. The molecule has 0 fully saturated rings. The number of carbonyl (C=O) groups excluding carboxylic acids is 1. The molecule has 0 radical (unpaired) electrons. The van der Waals surface area contributed by atoms with E-state index in [1.54, 1.807) is 24.3 Å². The highest BCUT2D eigenvalue weighted by molar-refractivity contribution is 7.90. The van der Waals surface area contributed by atoms with Crippen molar-refractivity contribution in [2.45, 2.75) is 11.8 Å². The molecule has 6 heteroatoms. The van der Waals surface area contributed by atoms with Gasteiger partial charge in [-0.15, -0.1) is 11.6 Å². The first-order valence-corrected chi connectivity index (χ1v) is 7.53. The monoisotopic (exact) mass is 275 g/mol. The van der Waals surface area contributed by atoms with Crippen LogP contribution < -0.4 is 5.32 Å². The Kier molecular flexibility index (Phi) is 4.96. The topological polar surface area (TPSA) is 63.2 Å². The molecule has 1 amide bonds. The number of hydrogen-bond donors (Lipinski definition) is 1. The Bertz CT molecular complexity index is 473. The molecule has 0 spiro atoms. The molecule has 4 nitrogen and oxygen atoms in total. The molecule has 0 aromatic heterocycles. The molecule has 0 heterocycles. The van der Waals surface area contributed by atoms with Gasteiger partial charge >= 0.3 is 0 Å². The Morgan fingerprint density at radius 3 is 2.47 bits per heavy atom. The lowest BCUT2D eigenvalue weighted by molar-refractivity contribution is -0.116. The molecule has 0 aliphatic heterocycles. The summed E-state index contributed by atoms with van der Waals surface area (Å²) in [5.41, 5.74) is 0.667. The number of sulfone groups is 1. The molecule has 17 heavy (non-hydrogen) atoms. The zero-order chi connectivity index (χ0) is 12.9. The fraction of sp³-hybridized carbons (Fsp3) is 0.364. The third-order valence-corrected chi connectivity index (χ3v) is 3.45. The number of amides is 1. The molecule has 0 bridgehead atoms. The van der Waals surface area contributed by atoms with Crippen LogP contribution in [0.1, 0.15) is 6.42 Å². The summed E-state index contributed by atoms with van der Waals surface area (Å²) >= 11 is 5.79. The maximum absolute atomic E-state index is 11.5. The molecule has 1 unspecified atom stereocenters. The van der Waals surface area contributed by atoms with Crippen molar-refractivity contribution in [1.29, 1.82) is 0 Å². The number of benzene rings is 1. The lowest BCUT2D eigenvalue weighted by Crippen LogP contribution is -2.22. The molecule has 1 N–H and O–H groups in total. The van der Waals surface area contributed by atoms with E-state index in [9.17, 15) is 13.2 Å². The summed E-state index contributed by atoms with van der Waals surface area (Å²) in [6.45, 7) is 0. The van der Waals surface area contributed by atoms with Gasteiger partial charge in [0.2, 0.25) is 5.91 Å². The van der Waals surface area contributed by atoms with Crippen molar-refractivity contribution in [3.05, 3.63) is 30.3 Å². The summed E-state index contributed by atoms with van der Waals surface area (Å²) in [5, 5.41) is 1.94. The molecule has 0 saturated heterocycles. The quantitative estimate of drug-likeness (QED) is 0.832. The number of rotatable bonds is 5. The number of carbonyl (C=O) groups is 1. The Labute approximate surface area is 106 Å². The standard InChI is InChI=1S/C11H14ClNO3S/c1-17(15,16)8-9(12)7-11(14)13-10-5-3-2-4-6-10/h2-6,9H,7-8H2,1H3,(H,13,14). The third-order valence-electron chi connectivity index (χ3n) is 1.95. The molecular formula is C11H14ClNO3S. The number of para-hydroxylation sites is 1. The number of halogens is 1. The summed E-state index contributed by atoms with van der Waals surface area (Å²) in [6, 6.07) is 8.92. The van der Waals surface area contributed by atoms with E-state index in [4.69, 9.17) is 11.6 Å². The average molecular weight is 276 g/mol. The number of alkyl halides is 1. The minimum Gasteiger partial charge on any atom is -0.326 e. The predicted octanol–water partition coefficient (Wildman–Crippen LogP) is 1.67. The zero-order valence-corrected chi connectivity index (χ0v) is 11.0. The fourth-order valence-corrected chi connectivity index (χ4v) is 2.92. The van der Waals surface area contributed by atoms with Gasteiger partial charge in [-0.3, -0.25) is 4.79 Å². The molecule has 0 aliphatic rings. The van der Waals surface area contributed by atoms with Crippen LogP contribution in [0.25, 0.3) is 0 Å².